The molecule has 0 amide bonds. The lowest BCUT2D eigenvalue weighted by Gasteiger charge is -2.28. The zero-order valence-electron chi connectivity index (χ0n) is 7.37. The van der Waals surface area contributed by atoms with Crippen molar-refractivity contribution in [2.45, 2.75) is 12.5 Å². The smallest absolute Gasteiger partial charge is 0.270 e. The van der Waals surface area contributed by atoms with Crippen LogP contribution < -0.4 is 5.32 Å². The normalized spacial score (nSPS) is 20.2. The first-order chi connectivity index (χ1) is 6.68. The number of non-ortho nitro benzene ring substituents is 1. The highest BCUT2D eigenvalue weighted by Crippen LogP contribution is 2.31. The predicted molar refractivity (Wildman–Crippen MR) is 56.2 cm³/mol. The topological polar surface area (TPSA) is 55.2 Å². The monoisotopic (exact) mass is 256 g/mol. The first kappa shape index (κ1) is 9.61. The Morgan fingerprint density at radius 2 is 2.29 bits per heavy atom. The van der Waals surface area contributed by atoms with Crippen LogP contribution in [0.2, 0.25) is 0 Å². The van der Waals surface area contributed by atoms with Gasteiger partial charge in [0.2, 0.25) is 0 Å². The molecule has 5 heteroatoms. The highest BCUT2D eigenvalue weighted by atomic mass is 79.9. The van der Waals surface area contributed by atoms with Gasteiger partial charge in [0.25, 0.3) is 5.69 Å². The van der Waals surface area contributed by atoms with Crippen molar-refractivity contribution in [1.29, 1.82) is 0 Å². The maximum absolute atomic E-state index is 10.5. The summed E-state index contributed by atoms with van der Waals surface area (Å²) in [7, 11) is 0. The Hall–Kier alpha value is -0.940. The molecule has 1 aromatic carbocycles. The van der Waals surface area contributed by atoms with Crippen molar-refractivity contribution < 1.29 is 4.92 Å². The van der Waals surface area contributed by atoms with Gasteiger partial charge in [-0.15, -0.1) is 0 Å². The summed E-state index contributed by atoms with van der Waals surface area (Å²) >= 11 is 3.35. The van der Waals surface area contributed by atoms with Gasteiger partial charge in [0.05, 0.1) is 4.92 Å². The molecule has 2 rings (SSSR count). The van der Waals surface area contributed by atoms with E-state index in [1.165, 1.54) is 0 Å². The molecule has 0 radical (unpaired) electrons. The molecule has 1 saturated heterocycles. The van der Waals surface area contributed by atoms with Gasteiger partial charge in [0.15, 0.2) is 0 Å². The Morgan fingerprint density at radius 1 is 1.57 bits per heavy atom. The van der Waals surface area contributed by atoms with Crippen molar-refractivity contribution in [3.63, 3.8) is 0 Å². The molecular formula is C9H9BrN2O2. The fourth-order valence-electron chi connectivity index (χ4n) is 1.47. The Bertz CT molecular complexity index is 377. The van der Waals surface area contributed by atoms with Crippen LogP contribution in [0, 0.1) is 10.1 Å². The number of nitrogens with one attached hydrogen (secondary N) is 1. The van der Waals surface area contributed by atoms with Crippen molar-refractivity contribution in [3.8, 4) is 0 Å². The van der Waals surface area contributed by atoms with Gasteiger partial charge in [0, 0.05) is 22.6 Å². The zero-order valence-corrected chi connectivity index (χ0v) is 8.95. The van der Waals surface area contributed by atoms with Crippen LogP contribution in [0.25, 0.3) is 0 Å². The molecule has 1 N–H and O–H groups in total. The van der Waals surface area contributed by atoms with Crippen LogP contribution in [0.5, 0.6) is 0 Å². The third-order valence-corrected chi connectivity index (χ3v) is 3.08. The fourth-order valence-corrected chi connectivity index (χ4v) is 2.11. The zero-order chi connectivity index (χ0) is 10.1. The average Bonchev–Trinajstić information content (AvgIpc) is 2.04. The highest BCUT2D eigenvalue weighted by molar-refractivity contribution is 9.10. The number of hydrogen-bond donors (Lipinski definition) is 1. The molecule has 4 nitrogen and oxygen atoms in total. The van der Waals surface area contributed by atoms with Crippen molar-refractivity contribution in [1.82, 2.24) is 5.32 Å². The van der Waals surface area contributed by atoms with Crippen LogP contribution in [-0.2, 0) is 0 Å². The van der Waals surface area contributed by atoms with Crippen LogP contribution in [0.4, 0.5) is 5.69 Å². The molecule has 1 unspecified atom stereocenters. The van der Waals surface area contributed by atoms with Gasteiger partial charge in [-0.25, -0.2) is 0 Å². The molecule has 0 spiro atoms. The first-order valence-corrected chi connectivity index (χ1v) is 5.15. The minimum Gasteiger partial charge on any atom is -0.310 e. The lowest BCUT2D eigenvalue weighted by Crippen LogP contribution is -2.35. The van der Waals surface area contributed by atoms with E-state index in [-0.39, 0.29) is 10.6 Å². The van der Waals surface area contributed by atoms with E-state index in [0.29, 0.717) is 6.04 Å². The van der Waals surface area contributed by atoms with E-state index in [1.54, 1.807) is 18.2 Å². The Kier molecular flexibility index (Phi) is 2.52. The third kappa shape index (κ3) is 1.65. The van der Waals surface area contributed by atoms with E-state index in [2.05, 4.69) is 21.2 Å². The predicted octanol–water partition coefficient (Wildman–Crippen LogP) is 2.39. The van der Waals surface area contributed by atoms with Crippen molar-refractivity contribution in [2.24, 2.45) is 0 Å². The molecule has 1 aromatic rings. The standard InChI is InChI=1S/C9H9BrN2O2/c10-8-5-6(12(13)14)1-2-7(8)9-3-4-11-9/h1-2,5,9,11H,3-4H2. The lowest BCUT2D eigenvalue weighted by atomic mass is 9.98. The van der Waals surface area contributed by atoms with E-state index in [4.69, 9.17) is 0 Å². The number of nitrogens with zero attached hydrogens (tertiary/aromatic N) is 1. The minimum atomic E-state index is -0.386. The SMILES string of the molecule is O=[N+]([O-])c1ccc(C2CCN2)c(Br)c1. The molecule has 0 aliphatic carbocycles. The van der Waals surface area contributed by atoms with Crippen LogP contribution in [0.3, 0.4) is 0 Å². The number of rotatable bonds is 2. The summed E-state index contributed by atoms with van der Waals surface area (Å²) in [6.45, 7) is 1.02. The molecule has 0 saturated carbocycles. The van der Waals surface area contributed by atoms with Crippen molar-refractivity contribution in [2.75, 3.05) is 6.54 Å². The Balaban J connectivity index is 2.30. The van der Waals surface area contributed by atoms with Gasteiger partial charge in [-0.3, -0.25) is 10.1 Å². The van der Waals surface area contributed by atoms with E-state index in [9.17, 15) is 10.1 Å². The summed E-state index contributed by atoms with van der Waals surface area (Å²) in [5.41, 5.74) is 1.22. The van der Waals surface area contributed by atoms with Gasteiger partial charge in [-0.1, -0.05) is 15.9 Å². The molecule has 1 aliphatic heterocycles. The second-order valence-electron chi connectivity index (χ2n) is 3.26. The number of hydrogen-bond acceptors (Lipinski definition) is 3. The van der Waals surface area contributed by atoms with Crippen molar-refractivity contribution >= 4 is 21.6 Å². The van der Waals surface area contributed by atoms with Gasteiger partial charge < -0.3 is 5.32 Å². The molecule has 14 heavy (non-hydrogen) atoms. The molecule has 1 aliphatic rings. The summed E-state index contributed by atoms with van der Waals surface area (Å²) in [6.07, 6.45) is 1.09. The number of nitro benzene ring substituents is 1. The van der Waals surface area contributed by atoms with E-state index < -0.39 is 0 Å². The van der Waals surface area contributed by atoms with Crippen LogP contribution in [0.15, 0.2) is 22.7 Å². The minimum absolute atomic E-state index is 0.125. The highest BCUT2D eigenvalue weighted by Gasteiger charge is 2.21. The quantitative estimate of drug-likeness (QED) is 0.653. The molecular weight excluding hydrogens is 248 g/mol. The van der Waals surface area contributed by atoms with Crippen LogP contribution in [0.1, 0.15) is 18.0 Å². The van der Waals surface area contributed by atoms with Crippen molar-refractivity contribution in [3.05, 3.63) is 38.3 Å². The summed E-state index contributed by atoms with van der Waals surface area (Å²) < 4.78 is 0.809. The number of nitro groups is 1. The van der Waals surface area contributed by atoms with Gasteiger partial charge >= 0.3 is 0 Å². The molecule has 1 atom stereocenters. The lowest BCUT2D eigenvalue weighted by molar-refractivity contribution is -0.384. The van der Waals surface area contributed by atoms with Gasteiger partial charge in [-0.05, 0) is 24.6 Å². The van der Waals surface area contributed by atoms with Gasteiger partial charge in [-0.2, -0.15) is 0 Å². The molecule has 1 fully saturated rings. The maximum Gasteiger partial charge on any atom is 0.270 e. The average molecular weight is 257 g/mol. The number of benzene rings is 1. The fraction of sp³-hybridized carbons (Fsp3) is 0.333. The maximum atomic E-state index is 10.5. The molecule has 1 heterocycles. The summed E-state index contributed by atoms with van der Waals surface area (Å²) in [5.74, 6) is 0. The second kappa shape index (κ2) is 3.67. The first-order valence-electron chi connectivity index (χ1n) is 4.35. The Labute approximate surface area is 89.6 Å². The molecule has 74 valence electrons. The summed E-state index contributed by atoms with van der Waals surface area (Å²) in [5, 5.41) is 13.7. The van der Waals surface area contributed by atoms with Crippen LogP contribution >= 0.6 is 15.9 Å². The van der Waals surface area contributed by atoms with Crippen LogP contribution in [-0.4, -0.2) is 11.5 Å². The summed E-state index contributed by atoms with van der Waals surface area (Å²) in [4.78, 5) is 10.1. The Morgan fingerprint density at radius 3 is 2.71 bits per heavy atom. The molecule has 0 aromatic heterocycles. The van der Waals surface area contributed by atoms with Gasteiger partial charge in [0.1, 0.15) is 0 Å². The largest absolute Gasteiger partial charge is 0.310 e. The van der Waals surface area contributed by atoms with E-state index in [0.717, 1.165) is 23.0 Å². The second-order valence-corrected chi connectivity index (χ2v) is 4.11. The molecule has 0 bridgehead atoms. The third-order valence-electron chi connectivity index (χ3n) is 2.39. The van der Waals surface area contributed by atoms with E-state index >= 15 is 0 Å². The van der Waals surface area contributed by atoms with E-state index in [1.807, 2.05) is 0 Å². The number of halogens is 1. The summed E-state index contributed by atoms with van der Waals surface area (Å²) in [6, 6.07) is 5.25.